The smallest absolute Gasteiger partial charge is 0.261 e. The van der Waals surface area contributed by atoms with Gasteiger partial charge in [-0.15, -0.1) is 5.10 Å². The van der Waals surface area contributed by atoms with Crippen LogP contribution in [-0.2, 0) is 12.3 Å². The Bertz CT molecular complexity index is 1450. The number of nitrogens with one attached hydrogen (secondary N) is 1. The molecular formula is C25H21N5O2S. The van der Waals surface area contributed by atoms with E-state index >= 15 is 0 Å². The van der Waals surface area contributed by atoms with E-state index in [0.29, 0.717) is 40.0 Å². The van der Waals surface area contributed by atoms with E-state index in [0.717, 1.165) is 16.9 Å². The van der Waals surface area contributed by atoms with Crippen molar-refractivity contribution in [3.8, 4) is 17.1 Å². The highest BCUT2D eigenvalue weighted by Crippen LogP contribution is 2.24. The molecule has 0 amide bonds. The fraction of sp³-hybridized carbons (Fsp3) is 0.120. The van der Waals surface area contributed by atoms with Crippen LogP contribution in [0, 0.1) is 0 Å². The molecule has 0 saturated heterocycles. The highest BCUT2D eigenvalue weighted by atomic mass is 32.2. The Morgan fingerprint density at radius 1 is 0.939 bits per heavy atom. The van der Waals surface area contributed by atoms with Gasteiger partial charge in [-0.25, -0.2) is 9.97 Å². The van der Waals surface area contributed by atoms with Gasteiger partial charge in [-0.2, -0.15) is 0 Å². The fourth-order valence-corrected chi connectivity index (χ4v) is 4.32. The number of benzene rings is 3. The molecule has 2 heterocycles. The number of nitrogens with zero attached hydrogens (tertiary/aromatic N) is 4. The lowest BCUT2D eigenvalue weighted by Crippen LogP contribution is -2.25. The second kappa shape index (κ2) is 9.30. The first-order chi connectivity index (χ1) is 16.2. The predicted molar refractivity (Wildman–Crippen MR) is 129 cm³/mol. The topological polar surface area (TPSA) is 85.7 Å². The highest BCUT2D eigenvalue weighted by molar-refractivity contribution is 7.98. The van der Waals surface area contributed by atoms with E-state index < -0.39 is 0 Å². The maximum Gasteiger partial charge on any atom is 0.261 e. The number of hydrogen-bond donors (Lipinski definition) is 1. The Kier molecular flexibility index (Phi) is 5.91. The zero-order valence-corrected chi connectivity index (χ0v) is 18.7. The fourth-order valence-electron chi connectivity index (χ4n) is 3.57. The van der Waals surface area contributed by atoms with Gasteiger partial charge < -0.3 is 4.74 Å². The van der Waals surface area contributed by atoms with Crippen LogP contribution in [-0.4, -0.2) is 31.8 Å². The first-order valence-electron chi connectivity index (χ1n) is 10.4. The largest absolute Gasteiger partial charge is 0.497 e. The van der Waals surface area contributed by atoms with Gasteiger partial charge in [0.05, 0.1) is 30.3 Å². The Balaban J connectivity index is 1.43. The Morgan fingerprint density at radius 2 is 1.70 bits per heavy atom. The number of ether oxygens (including phenoxy) is 1. The van der Waals surface area contributed by atoms with E-state index in [-0.39, 0.29) is 5.56 Å². The van der Waals surface area contributed by atoms with Crippen LogP contribution in [0.4, 0.5) is 0 Å². The van der Waals surface area contributed by atoms with Gasteiger partial charge in [0, 0.05) is 5.56 Å². The third-order valence-corrected chi connectivity index (χ3v) is 6.13. The molecule has 0 unspecified atom stereocenters. The number of H-pyrrole nitrogens is 1. The molecule has 33 heavy (non-hydrogen) atoms. The van der Waals surface area contributed by atoms with Crippen LogP contribution in [0.1, 0.15) is 11.4 Å². The minimum absolute atomic E-state index is 0.0473. The van der Waals surface area contributed by atoms with E-state index in [9.17, 15) is 4.79 Å². The standard InChI is InChI=1S/C25H21N5O2S/c1-32-19-13-11-18(12-14-19)23-27-25(29-28-23)33-16-22-26-21-10-6-5-9-20(21)24(31)30(22)15-17-7-3-2-4-8-17/h2-14H,15-16H2,1H3,(H,27,28,29). The van der Waals surface area contributed by atoms with Crippen molar-refractivity contribution in [1.82, 2.24) is 24.7 Å². The molecule has 0 atom stereocenters. The summed E-state index contributed by atoms with van der Waals surface area (Å²) in [6, 6.07) is 25.0. The van der Waals surface area contributed by atoms with Crippen molar-refractivity contribution < 1.29 is 4.74 Å². The lowest BCUT2D eigenvalue weighted by molar-refractivity contribution is 0.415. The number of para-hydroxylation sites is 1. The SMILES string of the molecule is COc1ccc(-c2nc(SCc3nc4ccccc4c(=O)n3Cc3ccccc3)n[nH]2)cc1. The van der Waals surface area contributed by atoms with Crippen molar-refractivity contribution in [1.29, 1.82) is 0 Å². The molecule has 1 N–H and O–H groups in total. The van der Waals surface area contributed by atoms with Crippen molar-refractivity contribution in [3.63, 3.8) is 0 Å². The summed E-state index contributed by atoms with van der Waals surface area (Å²) in [5.41, 5.74) is 2.60. The number of fused-ring (bicyclic) bond motifs is 1. The van der Waals surface area contributed by atoms with Gasteiger partial charge in [-0.3, -0.25) is 14.5 Å². The summed E-state index contributed by atoms with van der Waals surface area (Å²) in [6.45, 7) is 0.457. The lowest BCUT2D eigenvalue weighted by atomic mass is 10.2. The van der Waals surface area contributed by atoms with Gasteiger partial charge in [0.2, 0.25) is 5.16 Å². The first-order valence-corrected chi connectivity index (χ1v) is 11.4. The quantitative estimate of drug-likeness (QED) is 0.363. The van der Waals surface area contributed by atoms with Crippen molar-refractivity contribution in [2.45, 2.75) is 17.5 Å². The second-order valence-corrected chi connectivity index (χ2v) is 8.35. The number of aromatic nitrogens is 5. The van der Waals surface area contributed by atoms with Crippen LogP contribution in [0.5, 0.6) is 5.75 Å². The summed E-state index contributed by atoms with van der Waals surface area (Å²) >= 11 is 1.44. The number of rotatable bonds is 7. The number of hydrogen-bond acceptors (Lipinski definition) is 6. The van der Waals surface area contributed by atoms with Gasteiger partial charge in [0.15, 0.2) is 5.82 Å². The summed E-state index contributed by atoms with van der Waals surface area (Å²) in [4.78, 5) is 22.7. The van der Waals surface area contributed by atoms with Crippen LogP contribution < -0.4 is 10.3 Å². The summed E-state index contributed by atoms with van der Waals surface area (Å²) in [5.74, 6) is 2.61. The summed E-state index contributed by atoms with van der Waals surface area (Å²) in [6.07, 6.45) is 0. The van der Waals surface area contributed by atoms with Gasteiger partial charge in [0.1, 0.15) is 11.6 Å². The molecule has 3 aromatic carbocycles. The minimum Gasteiger partial charge on any atom is -0.497 e. The van der Waals surface area contributed by atoms with Gasteiger partial charge >= 0.3 is 0 Å². The van der Waals surface area contributed by atoms with Crippen molar-refractivity contribution in [3.05, 3.63) is 101 Å². The Labute approximate surface area is 194 Å². The van der Waals surface area contributed by atoms with E-state index in [1.807, 2.05) is 78.9 Å². The number of methoxy groups -OCH3 is 1. The summed E-state index contributed by atoms with van der Waals surface area (Å²) < 4.78 is 6.94. The van der Waals surface area contributed by atoms with Crippen molar-refractivity contribution in [2.24, 2.45) is 0 Å². The molecule has 0 fully saturated rings. The van der Waals surface area contributed by atoms with E-state index in [1.165, 1.54) is 11.8 Å². The van der Waals surface area contributed by atoms with Crippen LogP contribution in [0.15, 0.2) is 88.8 Å². The molecule has 0 spiro atoms. The molecule has 0 aliphatic carbocycles. The molecule has 7 nitrogen and oxygen atoms in total. The zero-order chi connectivity index (χ0) is 22.6. The number of thioether (sulfide) groups is 1. The third kappa shape index (κ3) is 4.51. The molecule has 0 aliphatic rings. The van der Waals surface area contributed by atoms with E-state index in [1.54, 1.807) is 11.7 Å². The van der Waals surface area contributed by atoms with E-state index in [2.05, 4.69) is 15.2 Å². The van der Waals surface area contributed by atoms with Crippen LogP contribution in [0.25, 0.3) is 22.3 Å². The van der Waals surface area contributed by atoms with Crippen LogP contribution in [0.3, 0.4) is 0 Å². The zero-order valence-electron chi connectivity index (χ0n) is 17.9. The van der Waals surface area contributed by atoms with Crippen LogP contribution >= 0.6 is 11.8 Å². The molecule has 0 saturated carbocycles. The average Bonchev–Trinajstić information content (AvgIpc) is 3.34. The van der Waals surface area contributed by atoms with Gasteiger partial charge in [-0.1, -0.05) is 54.2 Å². The number of aromatic amines is 1. The monoisotopic (exact) mass is 455 g/mol. The molecule has 164 valence electrons. The molecule has 8 heteroatoms. The van der Waals surface area contributed by atoms with Crippen molar-refractivity contribution >= 4 is 22.7 Å². The Morgan fingerprint density at radius 3 is 2.48 bits per heavy atom. The summed E-state index contributed by atoms with van der Waals surface area (Å²) in [5, 5.41) is 8.51. The second-order valence-electron chi connectivity index (χ2n) is 7.41. The summed E-state index contributed by atoms with van der Waals surface area (Å²) in [7, 11) is 1.64. The maximum absolute atomic E-state index is 13.3. The van der Waals surface area contributed by atoms with Gasteiger partial charge in [0.25, 0.3) is 5.56 Å². The molecule has 0 radical (unpaired) electrons. The highest BCUT2D eigenvalue weighted by Gasteiger charge is 2.14. The normalized spacial score (nSPS) is 11.1. The molecule has 2 aromatic heterocycles. The third-order valence-electron chi connectivity index (χ3n) is 5.28. The molecular weight excluding hydrogens is 434 g/mol. The van der Waals surface area contributed by atoms with Crippen molar-refractivity contribution in [2.75, 3.05) is 7.11 Å². The lowest BCUT2D eigenvalue weighted by Gasteiger charge is -2.13. The molecule has 0 aliphatic heterocycles. The van der Waals surface area contributed by atoms with Crippen LogP contribution in [0.2, 0.25) is 0 Å². The average molecular weight is 456 g/mol. The minimum atomic E-state index is -0.0473. The van der Waals surface area contributed by atoms with E-state index in [4.69, 9.17) is 9.72 Å². The van der Waals surface area contributed by atoms with Gasteiger partial charge in [-0.05, 0) is 42.0 Å². The molecule has 5 aromatic rings. The maximum atomic E-state index is 13.3. The first kappa shape index (κ1) is 21.0. The predicted octanol–water partition coefficient (Wildman–Crippen LogP) is 4.53. The Hall–Kier alpha value is -3.91. The molecule has 0 bridgehead atoms. The molecule has 5 rings (SSSR count).